The van der Waals surface area contributed by atoms with Gasteiger partial charge in [0.05, 0.1) is 16.6 Å². The van der Waals surface area contributed by atoms with E-state index in [0.29, 0.717) is 21.7 Å². The van der Waals surface area contributed by atoms with Gasteiger partial charge in [-0.1, -0.05) is 11.6 Å². The summed E-state index contributed by atoms with van der Waals surface area (Å²) in [6, 6.07) is 3.56. The van der Waals surface area contributed by atoms with Crippen LogP contribution in [-0.4, -0.2) is 21.7 Å². The van der Waals surface area contributed by atoms with E-state index >= 15 is 0 Å². The molecule has 0 unspecified atom stereocenters. The fourth-order valence-corrected chi connectivity index (χ4v) is 3.12. The second kappa shape index (κ2) is 5.27. The summed E-state index contributed by atoms with van der Waals surface area (Å²) in [7, 11) is 0. The van der Waals surface area contributed by atoms with Crippen LogP contribution in [0, 0.1) is 0 Å². The quantitative estimate of drug-likeness (QED) is 0.927. The molecule has 0 radical (unpaired) electrons. The van der Waals surface area contributed by atoms with Gasteiger partial charge in [-0.2, -0.15) is 0 Å². The van der Waals surface area contributed by atoms with Crippen LogP contribution in [0.25, 0.3) is 10.9 Å². The Labute approximate surface area is 137 Å². The van der Waals surface area contributed by atoms with Crippen molar-refractivity contribution in [2.24, 2.45) is 0 Å². The van der Waals surface area contributed by atoms with Gasteiger partial charge >= 0.3 is 5.97 Å². The number of rotatable bonds is 4. The van der Waals surface area contributed by atoms with Crippen molar-refractivity contribution in [2.45, 2.75) is 44.2 Å². The number of benzene rings is 1. The topological polar surface area (TPSA) is 68.5 Å². The average Bonchev–Trinajstić information content (AvgIpc) is 3.28. The van der Waals surface area contributed by atoms with Crippen LogP contribution in [0.5, 0.6) is 5.75 Å². The standard InChI is InChI=1S/C17H16ClNO4/c18-13-6-11-14(7-15(13)23-10-2-1-3-10)19(9-4-5-9)8-12(16(11)20)17(21)22/h6-10H,1-5H2,(H,21,22). The lowest BCUT2D eigenvalue weighted by Crippen LogP contribution is -2.25. The Hall–Kier alpha value is -2.01. The zero-order valence-corrected chi connectivity index (χ0v) is 13.2. The van der Waals surface area contributed by atoms with E-state index in [4.69, 9.17) is 16.3 Å². The Morgan fingerprint density at radius 1 is 1.26 bits per heavy atom. The summed E-state index contributed by atoms with van der Waals surface area (Å²) < 4.78 is 7.78. The SMILES string of the molecule is O=C(O)c1cn(C2CC2)c2cc(OC3CCC3)c(Cl)cc2c1=O. The van der Waals surface area contributed by atoms with Crippen molar-refractivity contribution in [3.63, 3.8) is 0 Å². The third-order valence-electron chi connectivity index (χ3n) is 4.60. The number of fused-ring (bicyclic) bond motifs is 1. The fourth-order valence-electron chi connectivity index (χ4n) is 2.92. The third-order valence-corrected chi connectivity index (χ3v) is 4.90. The molecule has 0 atom stereocenters. The van der Waals surface area contributed by atoms with E-state index in [-0.39, 0.29) is 17.7 Å². The van der Waals surface area contributed by atoms with E-state index in [9.17, 15) is 14.7 Å². The maximum atomic E-state index is 12.4. The van der Waals surface area contributed by atoms with Crippen LogP contribution in [0.2, 0.25) is 5.02 Å². The molecule has 120 valence electrons. The van der Waals surface area contributed by atoms with Crippen LogP contribution in [0.15, 0.2) is 23.1 Å². The number of carbonyl (C=O) groups is 1. The number of aromatic nitrogens is 1. The van der Waals surface area contributed by atoms with E-state index in [1.54, 1.807) is 12.1 Å². The molecule has 2 fully saturated rings. The number of hydrogen-bond donors (Lipinski definition) is 1. The van der Waals surface area contributed by atoms with Crippen molar-refractivity contribution >= 4 is 28.5 Å². The van der Waals surface area contributed by atoms with Gasteiger partial charge in [-0.05, 0) is 38.2 Å². The summed E-state index contributed by atoms with van der Waals surface area (Å²) in [4.78, 5) is 23.8. The molecule has 23 heavy (non-hydrogen) atoms. The van der Waals surface area contributed by atoms with Crippen molar-refractivity contribution in [2.75, 3.05) is 0 Å². The highest BCUT2D eigenvalue weighted by Gasteiger charge is 2.28. The predicted octanol–water partition coefficient (Wildman–Crippen LogP) is 3.62. The first-order valence-electron chi connectivity index (χ1n) is 7.83. The van der Waals surface area contributed by atoms with Crippen LogP contribution in [-0.2, 0) is 0 Å². The van der Waals surface area contributed by atoms with Crippen molar-refractivity contribution in [1.82, 2.24) is 4.57 Å². The summed E-state index contributed by atoms with van der Waals surface area (Å²) >= 11 is 6.26. The van der Waals surface area contributed by atoms with E-state index in [1.165, 1.54) is 6.20 Å². The minimum absolute atomic E-state index is 0.185. The number of pyridine rings is 1. The Balaban J connectivity index is 1.92. The number of carboxylic acid groups (broad SMARTS) is 1. The molecule has 2 aliphatic carbocycles. The molecule has 2 aliphatic rings. The monoisotopic (exact) mass is 333 g/mol. The van der Waals surface area contributed by atoms with Gasteiger partial charge in [-0.25, -0.2) is 4.79 Å². The van der Waals surface area contributed by atoms with Crippen molar-refractivity contribution < 1.29 is 14.6 Å². The van der Waals surface area contributed by atoms with Gasteiger partial charge in [0.2, 0.25) is 5.43 Å². The van der Waals surface area contributed by atoms with Crippen LogP contribution in [0.4, 0.5) is 0 Å². The molecule has 0 bridgehead atoms. The highest BCUT2D eigenvalue weighted by atomic mass is 35.5. The molecule has 6 heteroatoms. The molecule has 2 aromatic rings. The lowest BCUT2D eigenvalue weighted by molar-refractivity contribution is 0.0695. The first-order chi connectivity index (χ1) is 11.0. The van der Waals surface area contributed by atoms with Gasteiger partial charge in [0.15, 0.2) is 0 Å². The smallest absolute Gasteiger partial charge is 0.341 e. The van der Waals surface area contributed by atoms with Crippen molar-refractivity contribution in [1.29, 1.82) is 0 Å². The zero-order valence-electron chi connectivity index (χ0n) is 12.4. The number of ether oxygens (including phenoxy) is 1. The Morgan fingerprint density at radius 2 is 2.00 bits per heavy atom. The summed E-state index contributed by atoms with van der Waals surface area (Å²) in [6.07, 6.45) is 6.79. The Morgan fingerprint density at radius 3 is 2.57 bits per heavy atom. The molecule has 1 heterocycles. The van der Waals surface area contributed by atoms with Gasteiger partial charge in [0.1, 0.15) is 11.3 Å². The first kappa shape index (κ1) is 14.6. The lowest BCUT2D eigenvalue weighted by Gasteiger charge is -2.27. The maximum Gasteiger partial charge on any atom is 0.341 e. The summed E-state index contributed by atoms with van der Waals surface area (Å²) in [5.74, 6) is -0.641. The van der Waals surface area contributed by atoms with E-state index in [1.807, 2.05) is 4.57 Å². The molecule has 1 N–H and O–H groups in total. The Kier molecular flexibility index (Phi) is 3.34. The molecule has 0 saturated heterocycles. The van der Waals surface area contributed by atoms with Crippen LogP contribution < -0.4 is 10.2 Å². The molecule has 0 spiro atoms. The molecular formula is C17H16ClNO4. The van der Waals surface area contributed by atoms with E-state index in [0.717, 1.165) is 32.1 Å². The largest absolute Gasteiger partial charge is 0.489 e. The summed E-state index contributed by atoms with van der Waals surface area (Å²) in [6.45, 7) is 0. The molecule has 0 aliphatic heterocycles. The number of carboxylic acids is 1. The van der Waals surface area contributed by atoms with E-state index < -0.39 is 11.4 Å². The normalized spacial score (nSPS) is 18.0. The molecule has 0 amide bonds. The summed E-state index contributed by atoms with van der Waals surface area (Å²) in [5.41, 5.74) is -0.0177. The molecule has 1 aromatic carbocycles. The van der Waals surface area contributed by atoms with Gasteiger partial charge in [-0.3, -0.25) is 4.79 Å². The zero-order chi connectivity index (χ0) is 16.1. The lowest BCUT2D eigenvalue weighted by atomic mass is 9.96. The second-order valence-electron chi connectivity index (χ2n) is 6.29. The average molecular weight is 334 g/mol. The van der Waals surface area contributed by atoms with Crippen LogP contribution in [0.1, 0.15) is 48.5 Å². The third kappa shape index (κ3) is 2.49. The maximum absolute atomic E-state index is 12.4. The van der Waals surface area contributed by atoms with Crippen LogP contribution in [0.3, 0.4) is 0 Å². The highest BCUT2D eigenvalue weighted by molar-refractivity contribution is 6.32. The number of halogens is 1. The highest BCUT2D eigenvalue weighted by Crippen LogP contribution is 2.39. The van der Waals surface area contributed by atoms with Crippen LogP contribution >= 0.6 is 11.6 Å². The van der Waals surface area contributed by atoms with Gasteiger partial charge < -0.3 is 14.4 Å². The minimum Gasteiger partial charge on any atom is -0.489 e. The molecule has 5 nitrogen and oxygen atoms in total. The number of hydrogen-bond acceptors (Lipinski definition) is 3. The molecule has 1 aromatic heterocycles. The van der Waals surface area contributed by atoms with Crippen molar-refractivity contribution in [3.8, 4) is 5.75 Å². The first-order valence-corrected chi connectivity index (χ1v) is 8.21. The number of aromatic carboxylic acids is 1. The molecule has 4 rings (SSSR count). The predicted molar refractivity (Wildman–Crippen MR) is 86.7 cm³/mol. The summed E-state index contributed by atoms with van der Waals surface area (Å²) in [5, 5.41) is 9.95. The van der Waals surface area contributed by atoms with Gasteiger partial charge in [0, 0.05) is 23.7 Å². The molecular weight excluding hydrogens is 318 g/mol. The van der Waals surface area contributed by atoms with Gasteiger partial charge in [-0.15, -0.1) is 0 Å². The van der Waals surface area contributed by atoms with E-state index in [2.05, 4.69) is 0 Å². The van der Waals surface area contributed by atoms with Crippen molar-refractivity contribution in [3.05, 3.63) is 39.1 Å². The Bertz CT molecular complexity index is 865. The van der Waals surface area contributed by atoms with Gasteiger partial charge in [0.25, 0.3) is 0 Å². The fraction of sp³-hybridized carbons (Fsp3) is 0.412. The number of nitrogens with zero attached hydrogens (tertiary/aromatic N) is 1. The minimum atomic E-state index is -1.21. The second-order valence-corrected chi connectivity index (χ2v) is 6.69. The molecule has 2 saturated carbocycles.